The highest BCUT2D eigenvalue weighted by Crippen LogP contribution is 2.34. The first-order chi connectivity index (χ1) is 15.3. The number of nitrogens with zero attached hydrogens (tertiary/aromatic N) is 2. The zero-order valence-corrected chi connectivity index (χ0v) is 17.7. The van der Waals surface area contributed by atoms with Crippen LogP contribution in [0.15, 0.2) is 72.1 Å². The van der Waals surface area contributed by atoms with Crippen LogP contribution in [0, 0.1) is 0 Å². The summed E-state index contributed by atoms with van der Waals surface area (Å²) in [4.78, 5) is 13.2. The molecule has 0 unspecified atom stereocenters. The first kappa shape index (κ1) is 21.6. The maximum absolute atomic E-state index is 13.3. The molecule has 0 atom stereocenters. The molecule has 9 heteroatoms. The summed E-state index contributed by atoms with van der Waals surface area (Å²) in [6, 6.07) is 17.7. The minimum absolute atomic E-state index is 0.332. The molecule has 0 aliphatic rings. The second-order valence-electron chi connectivity index (χ2n) is 6.76. The topological polar surface area (TPSA) is 56.1 Å². The third-order valence-electron chi connectivity index (χ3n) is 4.57. The molecule has 32 heavy (non-hydrogen) atoms. The van der Waals surface area contributed by atoms with Crippen molar-refractivity contribution in [3.05, 3.63) is 83.4 Å². The molecule has 0 fully saturated rings. The van der Waals surface area contributed by atoms with Gasteiger partial charge in [-0.1, -0.05) is 6.07 Å². The number of hydrogen-bond donors (Lipinski definition) is 1. The van der Waals surface area contributed by atoms with E-state index in [0.717, 1.165) is 6.07 Å². The van der Waals surface area contributed by atoms with Crippen molar-refractivity contribution in [3.8, 4) is 22.0 Å². The molecule has 0 radical (unpaired) electrons. The van der Waals surface area contributed by atoms with Crippen LogP contribution in [-0.2, 0) is 6.18 Å². The van der Waals surface area contributed by atoms with Gasteiger partial charge in [-0.15, -0.1) is 11.3 Å². The average molecular weight is 457 g/mol. The molecule has 0 saturated heterocycles. The van der Waals surface area contributed by atoms with Crippen LogP contribution in [0.2, 0.25) is 0 Å². The number of amides is 1. The third kappa shape index (κ3) is 4.67. The Morgan fingerprint density at radius 3 is 2.41 bits per heavy atom. The van der Waals surface area contributed by atoms with Crippen molar-refractivity contribution in [2.24, 2.45) is 0 Å². The SMILES string of the molecule is CCOc1ccc(NC(=O)c2ccc(-n3nc(C(F)(F)F)cc3-c3cccs3)cc2)cc1. The smallest absolute Gasteiger partial charge is 0.435 e. The fourth-order valence-corrected chi connectivity index (χ4v) is 3.80. The number of aromatic nitrogens is 2. The molecule has 2 aromatic carbocycles. The van der Waals surface area contributed by atoms with Gasteiger partial charge in [-0.2, -0.15) is 18.3 Å². The number of ether oxygens (including phenoxy) is 1. The summed E-state index contributed by atoms with van der Waals surface area (Å²) in [6.45, 7) is 2.43. The number of carbonyl (C=O) groups excluding carboxylic acids is 1. The molecule has 0 spiro atoms. The van der Waals surface area contributed by atoms with Gasteiger partial charge in [0.25, 0.3) is 5.91 Å². The van der Waals surface area contributed by atoms with Crippen LogP contribution in [-0.4, -0.2) is 22.3 Å². The number of hydrogen-bond acceptors (Lipinski definition) is 4. The summed E-state index contributed by atoms with van der Waals surface area (Å²) in [6.07, 6.45) is -4.56. The Hall–Kier alpha value is -3.59. The number of benzene rings is 2. The van der Waals surface area contributed by atoms with Crippen molar-refractivity contribution in [1.29, 1.82) is 0 Å². The zero-order valence-electron chi connectivity index (χ0n) is 16.9. The number of thiophene rings is 1. The van der Waals surface area contributed by atoms with Gasteiger partial charge in [-0.3, -0.25) is 4.79 Å². The first-order valence-corrected chi connectivity index (χ1v) is 10.6. The lowest BCUT2D eigenvalue weighted by atomic mass is 10.2. The monoisotopic (exact) mass is 457 g/mol. The summed E-state index contributed by atoms with van der Waals surface area (Å²) in [5.74, 6) is 0.365. The lowest BCUT2D eigenvalue weighted by Gasteiger charge is -2.09. The van der Waals surface area contributed by atoms with Gasteiger partial charge in [-0.25, -0.2) is 4.68 Å². The molecule has 4 rings (SSSR count). The zero-order chi connectivity index (χ0) is 22.7. The maximum atomic E-state index is 13.3. The second kappa shape index (κ2) is 8.88. The number of anilines is 1. The van der Waals surface area contributed by atoms with E-state index in [0.29, 0.717) is 39.9 Å². The van der Waals surface area contributed by atoms with Crippen LogP contribution in [0.1, 0.15) is 23.0 Å². The molecule has 2 heterocycles. The Bertz CT molecular complexity index is 1200. The largest absolute Gasteiger partial charge is 0.494 e. The highest BCUT2D eigenvalue weighted by Gasteiger charge is 2.35. The van der Waals surface area contributed by atoms with E-state index >= 15 is 0 Å². The van der Waals surface area contributed by atoms with Crippen LogP contribution >= 0.6 is 11.3 Å². The first-order valence-electron chi connectivity index (χ1n) is 9.71. The predicted octanol–water partition coefficient (Wildman–Crippen LogP) is 6.27. The van der Waals surface area contributed by atoms with Gasteiger partial charge in [0.05, 0.1) is 22.9 Å². The Morgan fingerprint density at radius 2 is 1.81 bits per heavy atom. The fraction of sp³-hybridized carbons (Fsp3) is 0.130. The van der Waals surface area contributed by atoms with Crippen LogP contribution in [0.5, 0.6) is 5.75 Å². The van der Waals surface area contributed by atoms with Crippen molar-refractivity contribution < 1.29 is 22.7 Å². The summed E-state index contributed by atoms with van der Waals surface area (Å²) >= 11 is 1.32. The van der Waals surface area contributed by atoms with E-state index in [-0.39, 0.29) is 5.91 Å². The normalized spacial score (nSPS) is 11.4. The maximum Gasteiger partial charge on any atom is 0.435 e. The van der Waals surface area contributed by atoms with Crippen LogP contribution in [0.4, 0.5) is 18.9 Å². The van der Waals surface area contributed by atoms with E-state index in [4.69, 9.17) is 4.74 Å². The van der Waals surface area contributed by atoms with Crippen LogP contribution in [0.25, 0.3) is 16.3 Å². The molecule has 0 bridgehead atoms. The molecule has 0 saturated carbocycles. The highest BCUT2D eigenvalue weighted by molar-refractivity contribution is 7.13. The molecule has 0 aliphatic heterocycles. The van der Waals surface area contributed by atoms with E-state index in [2.05, 4.69) is 10.4 Å². The quantitative estimate of drug-likeness (QED) is 0.371. The Balaban J connectivity index is 1.57. The van der Waals surface area contributed by atoms with E-state index in [9.17, 15) is 18.0 Å². The lowest BCUT2D eigenvalue weighted by molar-refractivity contribution is -0.141. The van der Waals surface area contributed by atoms with Gasteiger partial charge >= 0.3 is 6.18 Å². The van der Waals surface area contributed by atoms with E-state index in [1.165, 1.54) is 16.0 Å². The molecular formula is C23H18F3N3O2S. The summed E-state index contributed by atoms with van der Waals surface area (Å²) in [7, 11) is 0. The minimum Gasteiger partial charge on any atom is -0.494 e. The number of alkyl halides is 3. The number of halogens is 3. The molecule has 164 valence electrons. The molecule has 2 aromatic heterocycles. The Morgan fingerprint density at radius 1 is 1.09 bits per heavy atom. The molecule has 0 aliphatic carbocycles. The Labute approximate surface area is 186 Å². The van der Waals surface area contributed by atoms with Crippen LogP contribution < -0.4 is 10.1 Å². The van der Waals surface area contributed by atoms with Gasteiger partial charge < -0.3 is 10.1 Å². The second-order valence-corrected chi connectivity index (χ2v) is 7.71. The van der Waals surface area contributed by atoms with Crippen molar-refractivity contribution >= 4 is 22.9 Å². The van der Waals surface area contributed by atoms with Gasteiger partial charge in [0.15, 0.2) is 5.69 Å². The summed E-state index contributed by atoms with van der Waals surface area (Å²) in [5.41, 5.74) is 0.742. The van der Waals surface area contributed by atoms with Crippen molar-refractivity contribution in [3.63, 3.8) is 0 Å². The van der Waals surface area contributed by atoms with E-state index in [1.807, 2.05) is 6.92 Å². The van der Waals surface area contributed by atoms with Crippen molar-refractivity contribution in [2.45, 2.75) is 13.1 Å². The van der Waals surface area contributed by atoms with E-state index in [1.54, 1.807) is 66.0 Å². The van der Waals surface area contributed by atoms with Crippen molar-refractivity contribution in [1.82, 2.24) is 9.78 Å². The van der Waals surface area contributed by atoms with Gasteiger partial charge in [0.2, 0.25) is 0 Å². The molecular weight excluding hydrogens is 439 g/mol. The standard InChI is InChI=1S/C23H18F3N3O2S/c1-2-31-18-11-7-16(8-12-18)27-22(30)15-5-9-17(10-6-15)29-19(20-4-3-13-32-20)14-21(28-29)23(24,25)26/h3-14H,2H2,1H3,(H,27,30). The summed E-state index contributed by atoms with van der Waals surface area (Å²) < 4.78 is 46.4. The van der Waals surface area contributed by atoms with Gasteiger partial charge in [0.1, 0.15) is 5.75 Å². The van der Waals surface area contributed by atoms with Gasteiger partial charge in [-0.05, 0) is 73.0 Å². The highest BCUT2D eigenvalue weighted by atomic mass is 32.1. The number of nitrogens with one attached hydrogen (secondary N) is 1. The molecule has 4 aromatic rings. The lowest BCUT2D eigenvalue weighted by Crippen LogP contribution is -2.12. The summed E-state index contributed by atoms with van der Waals surface area (Å²) in [5, 5.41) is 8.33. The number of carbonyl (C=O) groups is 1. The minimum atomic E-state index is -4.56. The average Bonchev–Trinajstić information content (AvgIpc) is 3.45. The van der Waals surface area contributed by atoms with Crippen molar-refractivity contribution in [2.75, 3.05) is 11.9 Å². The molecule has 1 amide bonds. The third-order valence-corrected chi connectivity index (χ3v) is 5.46. The van der Waals surface area contributed by atoms with Crippen LogP contribution in [0.3, 0.4) is 0 Å². The van der Waals surface area contributed by atoms with E-state index < -0.39 is 11.9 Å². The molecule has 1 N–H and O–H groups in total. The fourth-order valence-electron chi connectivity index (χ4n) is 3.07. The predicted molar refractivity (Wildman–Crippen MR) is 117 cm³/mol. The number of rotatable bonds is 6. The van der Waals surface area contributed by atoms with Gasteiger partial charge in [0, 0.05) is 11.3 Å². The Kier molecular flexibility index (Phi) is 6.00. The molecule has 5 nitrogen and oxygen atoms in total.